The average Bonchev–Trinajstić information content (AvgIpc) is 3.09. The molecule has 0 unspecified atom stereocenters. The van der Waals surface area contributed by atoms with Crippen LogP contribution in [0, 0.1) is 0 Å². The van der Waals surface area contributed by atoms with E-state index in [0.717, 1.165) is 10.9 Å². The number of carbonyl (C=O) groups excluding carboxylic acids is 1. The van der Waals surface area contributed by atoms with E-state index < -0.39 is 23.7 Å². The van der Waals surface area contributed by atoms with Gasteiger partial charge >= 0.3 is 12.1 Å². The molecule has 3 rings (SSSR count). The first-order valence-corrected chi connectivity index (χ1v) is 8.04. The second-order valence-electron chi connectivity index (χ2n) is 7.16. The van der Waals surface area contributed by atoms with Crippen molar-refractivity contribution >= 4 is 23.0 Å². The lowest BCUT2D eigenvalue weighted by Gasteiger charge is -2.26. The number of nitrogens with zero attached hydrogens (tertiary/aromatic N) is 2. The molecule has 1 aromatic heterocycles. The molecule has 6 heteroatoms. The van der Waals surface area contributed by atoms with Gasteiger partial charge in [-0.2, -0.15) is 0 Å². The third kappa shape index (κ3) is 3.09. The van der Waals surface area contributed by atoms with Gasteiger partial charge in [0, 0.05) is 24.7 Å². The lowest BCUT2D eigenvalue weighted by molar-refractivity contribution is -0.142. The Morgan fingerprint density at radius 2 is 1.92 bits per heavy atom. The van der Waals surface area contributed by atoms with Gasteiger partial charge in [0.15, 0.2) is 0 Å². The quantitative estimate of drug-likeness (QED) is 0.917. The third-order valence-electron chi connectivity index (χ3n) is 4.22. The summed E-state index contributed by atoms with van der Waals surface area (Å²) in [6.45, 7) is 5.64. The molecule has 1 aromatic carbocycles. The highest BCUT2D eigenvalue weighted by atomic mass is 16.6. The average molecular weight is 330 g/mol. The molecule has 1 saturated heterocycles. The number of benzene rings is 1. The number of fused-ring (bicyclic) bond motifs is 1. The number of carboxylic acids is 1. The molecule has 2 aromatic rings. The number of amides is 1. The monoisotopic (exact) mass is 330 g/mol. The van der Waals surface area contributed by atoms with Gasteiger partial charge in [-0.15, -0.1) is 0 Å². The van der Waals surface area contributed by atoms with Crippen LogP contribution in [-0.4, -0.2) is 44.8 Å². The number of carbonyl (C=O) groups is 2. The molecule has 0 bridgehead atoms. The fourth-order valence-corrected chi connectivity index (χ4v) is 3.19. The third-order valence-corrected chi connectivity index (χ3v) is 4.22. The van der Waals surface area contributed by atoms with Crippen LogP contribution in [0.3, 0.4) is 0 Å². The van der Waals surface area contributed by atoms with E-state index in [2.05, 4.69) is 4.57 Å². The van der Waals surface area contributed by atoms with Crippen molar-refractivity contribution in [2.75, 3.05) is 6.54 Å². The van der Waals surface area contributed by atoms with Crippen molar-refractivity contribution in [1.29, 1.82) is 0 Å². The largest absolute Gasteiger partial charge is 0.480 e. The van der Waals surface area contributed by atoms with Crippen molar-refractivity contribution in [1.82, 2.24) is 9.47 Å². The van der Waals surface area contributed by atoms with Crippen LogP contribution in [0.15, 0.2) is 36.5 Å². The molecule has 6 nitrogen and oxygen atoms in total. The number of carboxylic acid groups (broad SMARTS) is 1. The van der Waals surface area contributed by atoms with Crippen molar-refractivity contribution in [3.8, 4) is 0 Å². The molecular weight excluding hydrogens is 308 g/mol. The van der Waals surface area contributed by atoms with E-state index in [0.29, 0.717) is 13.0 Å². The normalized spacial score (nSPS) is 21.2. The van der Waals surface area contributed by atoms with Crippen LogP contribution in [-0.2, 0) is 9.53 Å². The van der Waals surface area contributed by atoms with Crippen LogP contribution >= 0.6 is 0 Å². The van der Waals surface area contributed by atoms with Crippen LogP contribution in [0.2, 0.25) is 0 Å². The zero-order chi connectivity index (χ0) is 17.5. The number of hydrogen-bond acceptors (Lipinski definition) is 3. The van der Waals surface area contributed by atoms with Gasteiger partial charge in [0.2, 0.25) is 0 Å². The van der Waals surface area contributed by atoms with E-state index in [1.165, 1.54) is 4.90 Å². The van der Waals surface area contributed by atoms with Gasteiger partial charge in [-0.1, -0.05) is 18.2 Å². The minimum Gasteiger partial charge on any atom is -0.480 e. The maximum atomic E-state index is 12.4. The number of hydrogen-bond donors (Lipinski definition) is 1. The van der Waals surface area contributed by atoms with E-state index in [9.17, 15) is 14.7 Å². The highest BCUT2D eigenvalue weighted by molar-refractivity contribution is 5.82. The van der Waals surface area contributed by atoms with E-state index in [-0.39, 0.29) is 6.04 Å². The Bertz CT molecular complexity index is 775. The molecule has 1 fully saturated rings. The van der Waals surface area contributed by atoms with Crippen molar-refractivity contribution in [2.24, 2.45) is 0 Å². The summed E-state index contributed by atoms with van der Waals surface area (Å²) in [5.74, 6) is -1.00. The lowest BCUT2D eigenvalue weighted by atomic mass is 10.1. The van der Waals surface area contributed by atoms with Gasteiger partial charge in [-0.05, 0) is 38.3 Å². The van der Waals surface area contributed by atoms with Crippen molar-refractivity contribution in [3.05, 3.63) is 36.5 Å². The summed E-state index contributed by atoms with van der Waals surface area (Å²) in [5.41, 5.74) is 0.385. The smallest absolute Gasteiger partial charge is 0.411 e. The number of aromatic nitrogens is 1. The zero-order valence-electron chi connectivity index (χ0n) is 14.1. The van der Waals surface area contributed by atoms with Crippen LogP contribution in [0.25, 0.3) is 10.9 Å². The number of ether oxygens (including phenoxy) is 1. The fraction of sp³-hybridized carbons (Fsp3) is 0.444. The fourth-order valence-electron chi connectivity index (χ4n) is 3.19. The second kappa shape index (κ2) is 5.85. The minimum absolute atomic E-state index is 0.0847. The Hall–Kier alpha value is -2.50. The Labute approximate surface area is 140 Å². The summed E-state index contributed by atoms with van der Waals surface area (Å²) in [4.78, 5) is 25.3. The second-order valence-corrected chi connectivity index (χ2v) is 7.16. The standard InChI is InChI=1S/C18H22N2O4/c1-18(2,3)24-17(23)20-11-13(10-15(20)16(21)22)19-9-8-12-6-4-5-7-14(12)19/h4-9,13,15H,10-11H2,1-3H3,(H,21,22)/t13-,15-/m0/s1. The minimum atomic E-state index is -1.00. The van der Waals surface area contributed by atoms with Crippen LogP contribution in [0.4, 0.5) is 4.79 Å². The predicted octanol–water partition coefficient (Wildman–Crippen LogP) is 3.28. The summed E-state index contributed by atoms with van der Waals surface area (Å²) < 4.78 is 7.42. The first-order valence-electron chi connectivity index (χ1n) is 8.04. The molecular formula is C18H22N2O4. The maximum absolute atomic E-state index is 12.4. The van der Waals surface area contributed by atoms with Gasteiger partial charge in [0.1, 0.15) is 11.6 Å². The molecule has 0 radical (unpaired) electrons. The van der Waals surface area contributed by atoms with E-state index >= 15 is 0 Å². The van der Waals surface area contributed by atoms with E-state index in [1.54, 1.807) is 20.8 Å². The number of para-hydroxylation sites is 1. The number of likely N-dealkylation sites (tertiary alicyclic amines) is 1. The Morgan fingerprint density at radius 3 is 2.58 bits per heavy atom. The van der Waals surface area contributed by atoms with Crippen molar-refractivity contribution in [3.63, 3.8) is 0 Å². The topological polar surface area (TPSA) is 71.8 Å². The lowest BCUT2D eigenvalue weighted by Crippen LogP contribution is -2.43. The SMILES string of the molecule is CC(C)(C)OC(=O)N1C[C@@H](n2ccc3ccccc32)C[C@H]1C(=O)O. The highest BCUT2D eigenvalue weighted by Crippen LogP contribution is 2.32. The van der Waals surface area contributed by atoms with Gasteiger partial charge in [-0.25, -0.2) is 9.59 Å². The molecule has 1 N–H and O–H groups in total. The predicted molar refractivity (Wildman–Crippen MR) is 90.0 cm³/mol. The number of aliphatic carboxylic acids is 1. The molecule has 24 heavy (non-hydrogen) atoms. The Kier molecular flexibility index (Phi) is 3.99. The summed E-state index contributed by atoms with van der Waals surface area (Å²) in [7, 11) is 0. The van der Waals surface area contributed by atoms with Crippen LogP contribution in [0.1, 0.15) is 33.2 Å². The van der Waals surface area contributed by atoms with Gasteiger partial charge < -0.3 is 14.4 Å². The highest BCUT2D eigenvalue weighted by Gasteiger charge is 2.42. The van der Waals surface area contributed by atoms with E-state index in [4.69, 9.17) is 4.74 Å². The van der Waals surface area contributed by atoms with Gasteiger partial charge in [0.05, 0.1) is 6.04 Å². The van der Waals surface area contributed by atoms with Gasteiger partial charge in [-0.3, -0.25) is 4.90 Å². The van der Waals surface area contributed by atoms with Crippen molar-refractivity contribution in [2.45, 2.75) is 44.9 Å². The van der Waals surface area contributed by atoms with Gasteiger partial charge in [0.25, 0.3) is 0 Å². The number of rotatable bonds is 2. The van der Waals surface area contributed by atoms with Crippen LogP contribution in [0.5, 0.6) is 0 Å². The summed E-state index contributed by atoms with van der Waals surface area (Å²) in [6.07, 6.45) is 1.74. The van der Waals surface area contributed by atoms with E-state index in [1.807, 2.05) is 36.5 Å². The first-order chi connectivity index (χ1) is 11.3. The Balaban J connectivity index is 1.87. The molecule has 128 valence electrons. The maximum Gasteiger partial charge on any atom is 0.411 e. The molecule has 1 aliphatic rings. The first kappa shape index (κ1) is 16.4. The molecule has 2 heterocycles. The van der Waals surface area contributed by atoms with Crippen molar-refractivity contribution < 1.29 is 19.4 Å². The molecule has 2 atom stereocenters. The molecule has 1 amide bonds. The molecule has 0 spiro atoms. The van der Waals surface area contributed by atoms with Crippen LogP contribution < -0.4 is 0 Å². The Morgan fingerprint density at radius 1 is 1.21 bits per heavy atom. The molecule has 0 aliphatic carbocycles. The molecule has 1 aliphatic heterocycles. The zero-order valence-corrected chi connectivity index (χ0v) is 14.1. The summed E-state index contributed by atoms with van der Waals surface area (Å²) >= 11 is 0. The summed E-state index contributed by atoms with van der Waals surface area (Å²) in [6, 6.07) is 8.98. The molecule has 0 saturated carbocycles. The summed E-state index contributed by atoms with van der Waals surface area (Å²) in [5, 5.41) is 10.6.